The van der Waals surface area contributed by atoms with E-state index in [-0.39, 0.29) is 5.69 Å². The Labute approximate surface area is 95.4 Å². The van der Waals surface area contributed by atoms with Gasteiger partial charge < -0.3 is 11.1 Å². The molecule has 1 rings (SSSR count). The third-order valence-electron chi connectivity index (χ3n) is 2.79. The van der Waals surface area contributed by atoms with Gasteiger partial charge in [-0.05, 0) is 25.0 Å². The van der Waals surface area contributed by atoms with Crippen molar-refractivity contribution < 1.29 is 4.79 Å². The number of amides is 1. The molecule has 2 unspecified atom stereocenters. The lowest BCUT2D eigenvalue weighted by atomic mass is 10.0. The van der Waals surface area contributed by atoms with E-state index in [9.17, 15) is 4.79 Å². The minimum Gasteiger partial charge on any atom is -0.366 e. The lowest BCUT2D eigenvalue weighted by Gasteiger charge is -2.19. The molecule has 0 saturated heterocycles. The van der Waals surface area contributed by atoms with Crippen LogP contribution in [-0.2, 0) is 0 Å². The van der Waals surface area contributed by atoms with Crippen LogP contribution in [0.1, 0.15) is 37.7 Å². The SMILES string of the molecule is CCC(C)C(C)Nc1ccc(C(N)=O)nn1. The van der Waals surface area contributed by atoms with Crippen molar-refractivity contribution in [1.82, 2.24) is 10.2 Å². The number of hydrogen-bond donors (Lipinski definition) is 2. The normalized spacial score (nSPS) is 14.2. The topological polar surface area (TPSA) is 80.9 Å². The molecule has 5 nitrogen and oxygen atoms in total. The second-order valence-corrected chi connectivity index (χ2v) is 3.99. The van der Waals surface area contributed by atoms with Gasteiger partial charge in [-0.2, -0.15) is 0 Å². The summed E-state index contributed by atoms with van der Waals surface area (Å²) in [5, 5.41) is 10.9. The highest BCUT2D eigenvalue weighted by atomic mass is 16.1. The van der Waals surface area contributed by atoms with Crippen molar-refractivity contribution in [3.63, 3.8) is 0 Å². The number of rotatable bonds is 5. The molecule has 1 amide bonds. The van der Waals surface area contributed by atoms with E-state index >= 15 is 0 Å². The van der Waals surface area contributed by atoms with Gasteiger partial charge in [0.2, 0.25) is 0 Å². The molecule has 2 atom stereocenters. The zero-order chi connectivity index (χ0) is 12.1. The van der Waals surface area contributed by atoms with Gasteiger partial charge in [0.15, 0.2) is 5.69 Å². The average Bonchev–Trinajstić information content (AvgIpc) is 2.28. The summed E-state index contributed by atoms with van der Waals surface area (Å²) in [6, 6.07) is 3.60. The standard InChI is InChI=1S/C11H18N4O/c1-4-7(2)8(3)13-10-6-5-9(11(12)16)14-15-10/h5-8H,4H2,1-3H3,(H2,12,16)(H,13,15). The molecule has 1 heterocycles. The van der Waals surface area contributed by atoms with Gasteiger partial charge >= 0.3 is 0 Å². The summed E-state index contributed by atoms with van der Waals surface area (Å²) in [5.74, 6) is 0.657. The molecular formula is C11H18N4O. The maximum atomic E-state index is 10.8. The predicted octanol–water partition coefficient (Wildman–Crippen LogP) is 1.42. The molecule has 88 valence electrons. The molecule has 0 aliphatic heterocycles. The van der Waals surface area contributed by atoms with Gasteiger partial charge in [0.25, 0.3) is 5.91 Å². The van der Waals surface area contributed by atoms with Crippen LogP contribution in [0, 0.1) is 5.92 Å². The molecule has 0 fully saturated rings. The molecule has 5 heteroatoms. The number of anilines is 1. The van der Waals surface area contributed by atoms with Crippen LogP contribution in [0.5, 0.6) is 0 Å². The van der Waals surface area contributed by atoms with E-state index in [2.05, 4.69) is 36.3 Å². The number of carbonyl (C=O) groups is 1. The minimum absolute atomic E-state index is 0.182. The third kappa shape index (κ3) is 3.18. The molecule has 0 spiro atoms. The Hall–Kier alpha value is -1.65. The van der Waals surface area contributed by atoms with Crippen molar-refractivity contribution in [2.75, 3.05) is 5.32 Å². The molecule has 1 aromatic heterocycles. The first kappa shape index (κ1) is 12.4. The van der Waals surface area contributed by atoms with E-state index in [0.29, 0.717) is 17.8 Å². The largest absolute Gasteiger partial charge is 0.366 e. The summed E-state index contributed by atoms with van der Waals surface area (Å²) < 4.78 is 0. The summed E-state index contributed by atoms with van der Waals surface area (Å²) in [5.41, 5.74) is 5.26. The van der Waals surface area contributed by atoms with E-state index in [4.69, 9.17) is 5.73 Å². The number of primary amides is 1. The number of nitrogens with zero attached hydrogens (tertiary/aromatic N) is 2. The average molecular weight is 222 g/mol. The van der Waals surface area contributed by atoms with Gasteiger partial charge in [-0.25, -0.2) is 0 Å². The monoisotopic (exact) mass is 222 g/mol. The van der Waals surface area contributed by atoms with Crippen LogP contribution >= 0.6 is 0 Å². The summed E-state index contributed by atoms with van der Waals surface area (Å²) in [4.78, 5) is 10.8. The molecule has 1 aromatic rings. The summed E-state index contributed by atoms with van der Waals surface area (Å²) in [6.45, 7) is 6.41. The molecule has 3 N–H and O–H groups in total. The first-order valence-corrected chi connectivity index (χ1v) is 5.44. The highest BCUT2D eigenvalue weighted by molar-refractivity contribution is 5.90. The molecule has 0 aliphatic carbocycles. The van der Waals surface area contributed by atoms with Crippen LogP contribution in [0.3, 0.4) is 0 Å². The Bertz CT molecular complexity index is 350. The van der Waals surface area contributed by atoms with Crippen LogP contribution in [0.2, 0.25) is 0 Å². The second-order valence-electron chi connectivity index (χ2n) is 3.99. The maximum Gasteiger partial charge on any atom is 0.269 e. The van der Waals surface area contributed by atoms with Gasteiger partial charge in [0.1, 0.15) is 5.82 Å². The van der Waals surface area contributed by atoms with Crippen molar-refractivity contribution in [2.24, 2.45) is 11.7 Å². The van der Waals surface area contributed by atoms with Gasteiger partial charge in [0.05, 0.1) is 0 Å². The van der Waals surface area contributed by atoms with Crippen LogP contribution in [0.15, 0.2) is 12.1 Å². The van der Waals surface area contributed by atoms with E-state index in [1.165, 1.54) is 0 Å². The van der Waals surface area contributed by atoms with Crippen molar-refractivity contribution in [2.45, 2.75) is 33.2 Å². The van der Waals surface area contributed by atoms with Crippen LogP contribution in [0.25, 0.3) is 0 Å². The van der Waals surface area contributed by atoms with Crippen LogP contribution in [0.4, 0.5) is 5.82 Å². The van der Waals surface area contributed by atoms with Crippen molar-refractivity contribution in [3.8, 4) is 0 Å². The summed E-state index contributed by atoms with van der Waals surface area (Å²) in [6.07, 6.45) is 1.10. The van der Waals surface area contributed by atoms with Crippen LogP contribution in [-0.4, -0.2) is 22.1 Å². The fourth-order valence-electron chi connectivity index (χ4n) is 1.27. The zero-order valence-electron chi connectivity index (χ0n) is 9.90. The summed E-state index contributed by atoms with van der Waals surface area (Å²) in [7, 11) is 0. The fourth-order valence-corrected chi connectivity index (χ4v) is 1.27. The molecule has 0 bridgehead atoms. The number of aromatic nitrogens is 2. The highest BCUT2D eigenvalue weighted by Gasteiger charge is 2.11. The molecule has 16 heavy (non-hydrogen) atoms. The van der Waals surface area contributed by atoms with Gasteiger partial charge in [-0.15, -0.1) is 10.2 Å². The number of hydrogen-bond acceptors (Lipinski definition) is 4. The Morgan fingerprint density at radius 3 is 2.56 bits per heavy atom. The maximum absolute atomic E-state index is 10.8. The van der Waals surface area contributed by atoms with Gasteiger partial charge in [0, 0.05) is 6.04 Å². The van der Waals surface area contributed by atoms with E-state index in [1.54, 1.807) is 12.1 Å². The van der Waals surface area contributed by atoms with Crippen molar-refractivity contribution in [1.29, 1.82) is 0 Å². The zero-order valence-corrected chi connectivity index (χ0v) is 9.90. The Morgan fingerprint density at radius 2 is 2.12 bits per heavy atom. The Morgan fingerprint density at radius 1 is 1.44 bits per heavy atom. The highest BCUT2D eigenvalue weighted by Crippen LogP contribution is 2.12. The van der Waals surface area contributed by atoms with E-state index in [0.717, 1.165) is 6.42 Å². The fraction of sp³-hybridized carbons (Fsp3) is 0.545. The smallest absolute Gasteiger partial charge is 0.269 e. The van der Waals surface area contributed by atoms with Crippen molar-refractivity contribution >= 4 is 11.7 Å². The summed E-state index contributed by atoms with van der Waals surface area (Å²) >= 11 is 0. The number of carbonyl (C=O) groups excluding carboxylic acids is 1. The predicted molar refractivity (Wildman–Crippen MR) is 63.1 cm³/mol. The first-order valence-electron chi connectivity index (χ1n) is 5.44. The quantitative estimate of drug-likeness (QED) is 0.789. The second kappa shape index (κ2) is 5.44. The molecule has 0 aliphatic rings. The molecule has 0 radical (unpaired) electrons. The molecular weight excluding hydrogens is 204 g/mol. The van der Waals surface area contributed by atoms with Gasteiger partial charge in [-0.3, -0.25) is 4.79 Å². The third-order valence-corrected chi connectivity index (χ3v) is 2.79. The molecule has 0 saturated carbocycles. The minimum atomic E-state index is -0.561. The van der Waals surface area contributed by atoms with Gasteiger partial charge in [-0.1, -0.05) is 20.3 Å². The van der Waals surface area contributed by atoms with Crippen LogP contribution < -0.4 is 11.1 Å². The van der Waals surface area contributed by atoms with E-state index < -0.39 is 5.91 Å². The lowest BCUT2D eigenvalue weighted by Crippen LogP contribution is -2.24. The Balaban J connectivity index is 2.65. The molecule has 0 aromatic carbocycles. The number of nitrogens with one attached hydrogen (secondary N) is 1. The lowest BCUT2D eigenvalue weighted by molar-refractivity contribution is 0.0994. The Kier molecular flexibility index (Phi) is 4.22. The number of nitrogens with two attached hydrogens (primary N) is 1. The van der Waals surface area contributed by atoms with Crippen molar-refractivity contribution in [3.05, 3.63) is 17.8 Å². The first-order chi connectivity index (χ1) is 7.54. The van der Waals surface area contributed by atoms with E-state index in [1.807, 2.05) is 0 Å².